The third-order valence-electron chi connectivity index (χ3n) is 8.35. The fraction of sp³-hybridized carbons (Fsp3) is 0.696. The highest BCUT2D eigenvalue weighted by Crippen LogP contribution is 2.51. The molecule has 3 saturated heterocycles. The van der Waals surface area contributed by atoms with Gasteiger partial charge in [0.1, 0.15) is 18.6 Å². The van der Waals surface area contributed by atoms with Gasteiger partial charge in [0.05, 0.1) is 18.0 Å². The van der Waals surface area contributed by atoms with Gasteiger partial charge in [-0.15, -0.1) is 16.9 Å². The number of amides is 3. The van der Waals surface area contributed by atoms with Crippen LogP contribution in [0.5, 0.6) is 0 Å². The van der Waals surface area contributed by atoms with Crippen molar-refractivity contribution in [2.45, 2.75) is 68.7 Å². The van der Waals surface area contributed by atoms with Gasteiger partial charge in [0.15, 0.2) is 0 Å². The van der Waals surface area contributed by atoms with E-state index >= 15 is 0 Å². The molecule has 43 heavy (non-hydrogen) atoms. The number of hydrogen-bond acceptors (Lipinski definition) is 12. The van der Waals surface area contributed by atoms with Crippen LogP contribution in [-0.2, 0) is 35.9 Å². The zero-order valence-electron chi connectivity index (χ0n) is 23.5. The van der Waals surface area contributed by atoms with Crippen molar-refractivity contribution in [3.8, 4) is 0 Å². The number of hydrogen-bond donors (Lipinski definition) is 6. The van der Waals surface area contributed by atoms with Crippen molar-refractivity contribution in [1.82, 2.24) is 45.4 Å². The summed E-state index contributed by atoms with van der Waals surface area (Å²) in [6, 6.07) is -2.29. The lowest BCUT2D eigenvalue weighted by atomic mass is 9.78. The van der Waals surface area contributed by atoms with Crippen molar-refractivity contribution >= 4 is 45.7 Å². The molecule has 8 N–H and O–H groups in total. The monoisotopic (exact) mass is 641 g/mol. The number of thioether (sulfide) groups is 1. The largest absolute Gasteiger partial charge is 0.477 e. The van der Waals surface area contributed by atoms with Crippen LogP contribution >= 0.6 is 11.8 Å². The summed E-state index contributed by atoms with van der Waals surface area (Å²) < 4.78 is 26.2. The lowest BCUT2D eigenvalue weighted by molar-refractivity contribution is -0.158. The first-order valence-corrected chi connectivity index (χ1v) is 16.2. The number of rotatable bonds is 11. The van der Waals surface area contributed by atoms with Crippen molar-refractivity contribution in [2.75, 3.05) is 19.6 Å². The van der Waals surface area contributed by atoms with E-state index in [4.69, 9.17) is 10.9 Å². The van der Waals surface area contributed by atoms with E-state index in [0.717, 1.165) is 0 Å². The molecule has 0 bridgehead atoms. The van der Waals surface area contributed by atoms with Gasteiger partial charge in [0.25, 0.3) is 10.2 Å². The van der Waals surface area contributed by atoms with Crippen LogP contribution in [0.2, 0.25) is 0 Å². The van der Waals surface area contributed by atoms with Crippen LogP contribution in [0.1, 0.15) is 26.7 Å². The first-order chi connectivity index (χ1) is 20.2. The van der Waals surface area contributed by atoms with Crippen LogP contribution in [0.4, 0.5) is 0 Å². The summed E-state index contributed by atoms with van der Waals surface area (Å²) in [7, 11) is -3.93. The number of aliphatic carboxylic acids is 1. The highest BCUT2D eigenvalue weighted by atomic mass is 32.2. The number of carbonyl (C=O) groups excluding carboxylic acids is 3. The number of nitrogens with one attached hydrogen (secondary N) is 3. The fourth-order valence-corrected chi connectivity index (χ4v) is 8.38. The first kappa shape index (κ1) is 31.3. The van der Waals surface area contributed by atoms with Crippen LogP contribution in [0.3, 0.4) is 0 Å². The molecular formula is C23H35N11O7S2. The summed E-state index contributed by atoms with van der Waals surface area (Å²) >= 11 is 1.34. The smallest absolute Gasteiger partial charge is 0.353 e. The van der Waals surface area contributed by atoms with E-state index < -0.39 is 46.3 Å². The van der Waals surface area contributed by atoms with E-state index in [-0.39, 0.29) is 60.3 Å². The van der Waals surface area contributed by atoms with Gasteiger partial charge in [-0.3, -0.25) is 14.4 Å². The van der Waals surface area contributed by atoms with Crippen LogP contribution in [0.15, 0.2) is 16.9 Å². The summed E-state index contributed by atoms with van der Waals surface area (Å²) in [6.07, 6.45) is 2.13. The Bertz CT molecular complexity index is 1420. The number of carboxylic acid groups (broad SMARTS) is 1. The van der Waals surface area contributed by atoms with Crippen LogP contribution < -0.4 is 26.2 Å². The minimum absolute atomic E-state index is 0.0432. The third-order valence-corrected chi connectivity index (χ3v) is 10.4. The molecule has 5 heterocycles. The molecule has 4 aliphatic heterocycles. The number of aromatic nitrogens is 4. The number of tetrazole rings is 1. The average Bonchev–Trinajstić information content (AvgIpc) is 3.70. The van der Waals surface area contributed by atoms with Gasteiger partial charge in [-0.05, 0) is 30.2 Å². The molecule has 3 fully saturated rings. The van der Waals surface area contributed by atoms with Crippen LogP contribution in [0.25, 0.3) is 0 Å². The maximum Gasteiger partial charge on any atom is 0.353 e. The molecule has 1 aromatic heterocycles. The Morgan fingerprint density at radius 3 is 2.70 bits per heavy atom. The van der Waals surface area contributed by atoms with Gasteiger partial charge in [0, 0.05) is 53.8 Å². The van der Waals surface area contributed by atoms with Crippen LogP contribution in [0, 0.1) is 11.8 Å². The average molecular weight is 642 g/mol. The first-order valence-electron chi connectivity index (χ1n) is 13.8. The van der Waals surface area contributed by atoms with Crippen molar-refractivity contribution in [1.29, 1.82) is 0 Å². The van der Waals surface area contributed by atoms with E-state index in [1.165, 1.54) is 27.7 Å². The van der Waals surface area contributed by atoms with Gasteiger partial charge < -0.3 is 31.3 Å². The second-order valence-electron chi connectivity index (χ2n) is 11.4. The molecule has 18 nitrogen and oxygen atoms in total. The maximum absolute atomic E-state index is 13.4. The highest BCUT2D eigenvalue weighted by Gasteiger charge is 2.60. The van der Waals surface area contributed by atoms with Gasteiger partial charge in [-0.2, -0.15) is 8.42 Å². The second-order valence-corrected chi connectivity index (χ2v) is 14.1. The number of fused-ring (bicyclic) bond motifs is 1. The molecule has 0 saturated carbocycles. The minimum atomic E-state index is -3.93. The Morgan fingerprint density at radius 1 is 1.30 bits per heavy atom. The summed E-state index contributed by atoms with van der Waals surface area (Å²) in [5.74, 6) is -3.10. The number of nitrogens with two attached hydrogens (primary N) is 2. The Balaban J connectivity index is 1.22. The minimum Gasteiger partial charge on any atom is -0.477 e. The fourth-order valence-electron chi connectivity index (χ4n) is 6.48. The Hall–Kier alpha value is -3.17. The predicted molar refractivity (Wildman–Crippen MR) is 150 cm³/mol. The lowest BCUT2D eigenvalue weighted by Crippen LogP contribution is -2.66. The van der Waals surface area contributed by atoms with Gasteiger partial charge in [0.2, 0.25) is 17.7 Å². The number of carboxylic acids is 1. The van der Waals surface area contributed by atoms with Gasteiger partial charge in [-0.25, -0.2) is 19.3 Å². The molecule has 4 aliphatic rings. The molecule has 0 spiro atoms. The van der Waals surface area contributed by atoms with Crippen molar-refractivity contribution in [3.63, 3.8) is 0 Å². The van der Waals surface area contributed by atoms with Crippen LogP contribution in [-0.4, -0.2) is 122 Å². The molecule has 20 heteroatoms. The molecule has 0 aromatic carbocycles. The SMILES string of the molecule is C[C@@H](NC(=O)Cn1cnnn1)[C@H]1C(=O)N2C(C(=O)O)=C(S[C@@H]3CN[C@H](C(=O)N4C[C@@H](N)C[C@H]4CNS(N)(=O)=O)C3)[C@H](C)[C@H]12. The molecule has 8 atom stereocenters. The number of carbonyl (C=O) groups is 4. The molecule has 5 rings (SSSR count). The van der Waals surface area contributed by atoms with E-state index in [2.05, 4.69) is 30.9 Å². The second kappa shape index (κ2) is 12.1. The topological polar surface area (TPSA) is 261 Å². The molecular weight excluding hydrogens is 606 g/mol. The van der Waals surface area contributed by atoms with E-state index in [0.29, 0.717) is 24.3 Å². The standard InChI is InChI=1S/C23H35N11O7S2/c1-10-18-17(11(2)29-16(35)8-32-9-27-30-31-32)22(37)34(18)19(23(38)39)20(10)42-14-4-15(26-6-14)21(36)33-7-12(24)3-13(33)5-28-43(25,40)41/h9-15,17-18,26,28H,3-8,24H2,1-2H3,(H,29,35)(H,38,39)(H2,25,40,41)/t10-,11-,12+,13+,14+,15+,17-,18-/m1/s1. The highest BCUT2D eigenvalue weighted by molar-refractivity contribution is 8.03. The quantitative estimate of drug-likeness (QED) is 0.127. The third kappa shape index (κ3) is 6.38. The normalized spacial score (nSPS) is 31.3. The van der Waals surface area contributed by atoms with Crippen molar-refractivity contribution in [2.24, 2.45) is 22.7 Å². The predicted octanol–water partition coefficient (Wildman–Crippen LogP) is -3.86. The number of likely N-dealkylation sites (tertiary alicyclic amines) is 1. The summed E-state index contributed by atoms with van der Waals surface area (Å²) in [5.41, 5.74) is 6.00. The zero-order chi connectivity index (χ0) is 31.2. The molecule has 0 unspecified atom stereocenters. The summed E-state index contributed by atoms with van der Waals surface area (Å²) in [6.45, 7) is 4.12. The molecule has 236 valence electrons. The number of β-lactam (4-membered cyclic amide) rings is 1. The van der Waals surface area contributed by atoms with E-state index in [9.17, 15) is 32.7 Å². The Morgan fingerprint density at radius 2 is 2.05 bits per heavy atom. The molecule has 0 radical (unpaired) electrons. The van der Waals surface area contributed by atoms with Gasteiger partial charge >= 0.3 is 5.97 Å². The van der Waals surface area contributed by atoms with E-state index in [1.807, 2.05) is 6.92 Å². The summed E-state index contributed by atoms with van der Waals surface area (Å²) in [5, 5.41) is 31.6. The molecule has 3 amide bonds. The summed E-state index contributed by atoms with van der Waals surface area (Å²) in [4.78, 5) is 54.8. The van der Waals surface area contributed by atoms with Crippen molar-refractivity contribution < 1.29 is 32.7 Å². The maximum atomic E-state index is 13.4. The van der Waals surface area contributed by atoms with Gasteiger partial charge in [-0.1, -0.05) is 6.92 Å². The molecule has 0 aliphatic carbocycles. The van der Waals surface area contributed by atoms with Crippen molar-refractivity contribution in [3.05, 3.63) is 16.9 Å². The zero-order valence-corrected chi connectivity index (χ0v) is 25.1. The molecule has 1 aromatic rings. The lowest BCUT2D eigenvalue weighted by Gasteiger charge is -2.47. The number of nitrogens with zero attached hydrogens (tertiary/aromatic N) is 6. The Kier molecular flexibility index (Phi) is 8.78. The van der Waals surface area contributed by atoms with E-state index in [1.54, 1.807) is 11.8 Å². The Labute approximate surface area is 251 Å².